The Bertz CT molecular complexity index is 280. The van der Waals surface area contributed by atoms with Crippen molar-refractivity contribution in [2.75, 3.05) is 0 Å². The van der Waals surface area contributed by atoms with Crippen molar-refractivity contribution in [2.24, 2.45) is 29.4 Å². The molecule has 0 aliphatic heterocycles. The van der Waals surface area contributed by atoms with Crippen molar-refractivity contribution >= 4 is 0 Å². The number of ether oxygens (including phenoxy) is 1. The predicted molar refractivity (Wildman–Crippen MR) is 72.1 cm³/mol. The van der Waals surface area contributed by atoms with Crippen molar-refractivity contribution in [1.82, 2.24) is 0 Å². The van der Waals surface area contributed by atoms with Crippen molar-refractivity contribution in [3.05, 3.63) is 0 Å². The maximum atomic E-state index is 6.56. The first-order valence-electron chi connectivity index (χ1n) is 8.19. The van der Waals surface area contributed by atoms with Gasteiger partial charge in [0.2, 0.25) is 0 Å². The molecular formula is C16H27NO. The van der Waals surface area contributed by atoms with E-state index in [1.54, 1.807) is 0 Å². The Morgan fingerprint density at radius 2 is 1.28 bits per heavy atom. The first-order valence-corrected chi connectivity index (χ1v) is 8.19. The minimum absolute atomic E-state index is 0.448. The standard InChI is InChI=1S/C16H27NO/c17-14-1-3-15(4-2-14)18-16-12-6-10-5-11(8-12)9-13(16)7-10/h10-16H,1-9,17H2. The fraction of sp³-hybridized carbons (Fsp3) is 1.00. The Hall–Kier alpha value is -0.0800. The van der Waals surface area contributed by atoms with E-state index in [0.29, 0.717) is 18.2 Å². The smallest absolute Gasteiger partial charge is 0.0635 e. The van der Waals surface area contributed by atoms with E-state index in [9.17, 15) is 0 Å². The van der Waals surface area contributed by atoms with E-state index in [0.717, 1.165) is 23.7 Å². The molecular weight excluding hydrogens is 222 g/mol. The molecule has 0 aromatic carbocycles. The Kier molecular flexibility index (Phi) is 2.92. The molecule has 5 aliphatic carbocycles. The van der Waals surface area contributed by atoms with Crippen LogP contribution in [0.1, 0.15) is 57.8 Å². The summed E-state index contributed by atoms with van der Waals surface area (Å²) in [4.78, 5) is 0. The van der Waals surface area contributed by atoms with Crippen molar-refractivity contribution in [1.29, 1.82) is 0 Å². The minimum Gasteiger partial charge on any atom is -0.374 e. The zero-order valence-electron chi connectivity index (χ0n) is 11.4. The number of hydrogen-bond donors (Lipinski definition) is 1. The lowest BCUT2D eigenvalue weighted by molar-refractivity contribution is -0.156. The van der Waals surface area contributed by atoms with E-state index in [4.69, 9.17) is 10.5 Å². The highest BCUT2D eigenvalue weighted by Gasteiger charge is 2.49. The third-order valence-corrected chi connectivity index (χ3v) is 6.21. The van der Waals surface area contributed by atoms with Crippen molar-refractivity contribution < 1.29 is 4.74 Å². The SMILES string of the molecule is NC1CCC(OC2C3CC4CC(C3)CC2C4)CC1. The topological polar surface area (TPSA) is 35.2 Å². The third-order valence-electron chi connectivity index (χ3n) is 6.21. The molecule has 0 unspecified atom stereocenters. The van der Waals surface area contributed by atoms with E-state index in [-0.39, 0.29) is 0 Å². The van der Waals surface area contributed by atoms with Gasteiger partial charge in [-0.2, -0.15) is 0 Å². The van der Waals surface area contributed by atoms with Crippen LogP contribution in [0.25, 0.3) is 0 Å². The van der Waals surface area contributed by atoms with Gasteiger partial charge in [-0.25, -0.2) is 0 Å². The molecule has 0 aromatic heterocycles. The van der Waals surface area contributed by atoms with Crippen LogP contribution in [-0.4, -0.2) is 18.2 Å². The van der Waals surface area contributed by atoms with Gasteiger partial charge in [0.1, 0.15) is 0 Å². The molecule has 18 heavy (non-hydrogen) atoms. The van der Waals surface area contributed by atoms with Crippen LogP contribution in [0.2, 0.25) is 0 Å². The van der Waals surface area contributed by atoms with Gasteiger partial charge in [-0.15, -0.1) is 0 Å². The molecule has 4 bridgehead atoms. The van der Waals surface area contributed by atoms with Gasteiger partial charge in [-0.3, -0.25) is 0 Å². The maximum Gasteiger partial charge on any atom is 0.0635 e. The zero-order valence-corrected chi connectivity index (χ0v) is 11.4. The summed E-state index contributed by atoms with van der Waals surface area (Å²) < 4.78 is 6.56. The predicted octanol–water partition coefficient (Wildman–Crippen LogP) is 3.10. The van der Waals surface area contributed by atoms with Crippen LogP contribution >= 0.6 is 0 Å². The van der Waals surface area contributed by atoms with E-state index < -0.39 is 0 Å². The minimum atomic E-state index is 0.448. The molecule has 2 N–H and O–H groups in total. The first-order chi connectivity index (χ1) is 8.78. The molecule has 5 fully saturated rings. The molecule has 0 radical (unpaired) electrons. The monoisotopic (exact) mass is 249 g/mol. The number of rotatable bonds is 2. The van der Waals surface area contributed by atoms with Crippen molar-refractivity contribution in [2.45, 2.75) is 76.0 Å². The summed E-state index contributed by atoms with van der Waals surface area (Å²) in [6.07, 6.45) is 13.4. The molecule has 5 saturated carbocycles. The summed E-state index contributed by atoms with van der Waals surface area (Å²) >= 11 is 0. The van der Waals surface area contributed by atoms with Crippen molar-refractivity contribution in [3.8, 4) is 0 Å². The van der Waals surface area contributed by atoms with Crippen LogP contribution in [0.5, 0.6) is 0 Å². The molecule has 5 aliphatic rings. The van der Waals surface area contributed by atoms with Gasteiger partial charge in [-0.1, -0.05) is 0 Å². The molecule has 2 nitrogen and oxygen atoms in total. The Morgan fingerprint density at radius 1 is 0.722 bits per heavy atom. The van der Waals surface area contributed by atoms with Gasteiger partial charge in [0.15, 0.2) is 0 Å². The van der Waals surface area contributed by atoms with E-state index in [1.165, 1.54) is 57.8 Å². The summed E-state index contributed by atoms with van der Waals surface area (Å²) in [6, 6.07) is 0.448. The van der Waals surface area contributed by atoms with Gasteiger partial charge >= 0.3 is 0 Å². The molecule has 0 atom stereocenters. The second-order valence-electron chi connectivity index (χ2n) is 7.57. The van der Waals surface area contributed by atoms with Crippen LogP contribution in [-0.2, 0) is 4.74 Å². The normalized spacial score (nSPS) is 54.8. The second-order valence-corrected chi connectivity index (χ2v) is 7.57. The second kappa shape index (κ2) is 4.49. The molecule has 0 amide bonds. The maximum absolute atomic E-state index is 6.56. The van der Waals surface area contributed by atoms with Crippen LogP contribution < -0.4 is 5.73 Å². The van der Waals surface area contributed by atoms with E-state index in [2.05, 4.69) is 0 Å². The van der Waals surface area contributed by atoms with E-state index >= 15 is 0 Å². The fourth-order valence-corrected chi connectivity index (χ4v) is 5.54. The summed E-state index contributed by atoms with van der Waals surface area (Å²) in [5.41, 5.74) is 5.99. The quantitative estimate of drug-likeness (QED) is 0.816. The summed E-state index contributed by atoms with van der Waals surface area (Å²) in [6.45, 7) is 0. The van der Waals surface area contributed by atoms with Gasteiger partial charge in [0.05, 0.1) is 12.2 Å². The molecule has 5 rings (SSSR count). The van der Waals surface area contributed by atoms with Gasteiger partial charge < -0.3 is 10.5 Å². The highest BCUT2D eigenvalue weighted by molar-refractivity contribution is 4.99. The lowest BCUT2D eigenvalue weighted by atomic mass is 9.55. The Balaban J connectivity index is 1.40. The Labute approximate surface area is 111 Å². The molecule has 2 heteroatoms. The highest BCUT2D eigenvalue weighted by atomic mass is 16.5. The van der Waals surface area contributed by atoms with Crippen LogP contribution in [0, 0.1) is 23.7 Å². The highest BCUT2D eigenvalue weighted by Crippen LogP contribution is 2.55. The summed E-state index contributed by atoms with van der Waals surface area (Å²) in [5, 5.41) is 0. The first kappa shape index (κ1) is 11.7. The average molecular weight is 249 g/mol. The third kappa shape index (κ3) is 2.02. The van der Waals surface area contributed by atoms with Crippen LogP contribution in [0.15, 0.2) is 0 Å². The lowest BCUT2D eigenvalue weighted by Crippen LogP contribution is -2.50. The number of hydrogen-bond acceptors (Lipinski definition) is 2. The Morgan fingerprint density at radius 3 is 1.83 bits per heavy atom. The zero-order chi connectivity index (χ0) is 12.1. The average Bonchev–Trinajstić information content (AvgIpc) is 2.35. The van der Waals surface area contributed by atoms with Crippen molar-refractivity contribution in [3.63, 3.8) is 0 Å². The van der Waals surface area contributed by atoms with Crippen LogP contribution in [0.4, 0.5) is 0 Å². The number of nitrogens with two attached hydrogens (primary N) is 1. The van der Waals surface area contributed by atoms with Gasteiger partial charge in [0.25, 0.3) is 0 Å². The molecule has 0 heterocycles. The van der Waals surface area contributed by atoms with Gasteiger partial charge in [-0.05, 0) is 81.5 Å². The van der Waals surface area contributed by atoms with Crippen LogP contribution in [0.3, 0.4) is 0 Å². The fourth-order valence-electron chi connectivity index (χ4n) is 5.54. The van der Waals surface area contributed by atoms with Gasteiger partial charge in [0, 0.05) is 6.04 Å². The van der Waals surface area contributed by atoms with E-state index in [1.807, 2.05) is 0 Å². The summed E-state index contributed by atoms with van der Waals surface area (Å²) in [5.74, 6) is 3.95. The molecule has 0 aromatic rings. The largest absolute Gasteiger partial charge is 0.374 e. The molecule has 0 spiro atoms. The molecule has 0 saturated heterocycles. The summed E-state index contributed by atoms with van der Waals surface area (Å²) in [7, 11) is 0. The molecule has 102 valence electrons. The lowest BCUT2D eigenvalue weighted by Gasteiger charge is -2.54.